The number of H-pyrrole nitrogens is 1. The number of carbonyl (C=O) groups is 1. The van der Waals surface area contributed by atoms with E-state index >= 15 is 0 Å². The molecule has 0 bridgehead atoms. The summed E-state index contributed by atoms with van der Waals surface area (Å²) in [5.41, 5.74) is 2.21. The number of nitrogens with one attached hydrogen (secondary N) is 1. The van der Waals surface area contributed by atoms with Crippen molar-refractivity contribution in [3.63, 3.8) is 0 Å². The van der Waals surface area contributed by atoms with Crippen molar-refractivity contribution in [1.82, 2.24) is 9.88 Å². The second kappa shape index (κ2) is 6.41. The Morgan fingerprint density at radius 3 is 2.60 bits per heavy atom. The lowest BCUT2D eigenvalue weighted by Gasteiger charge is -2.36. The Kier molecular flexibility index (Phi) is 4.09. The summed E-state index contributed by atoms with van der Waals surface area (Å²) in [4.78, 5) is 19.8. The number of amides is 1. The van der Waals surface area contributed by atoms with Gasteiger partial charge in [-0.05, 0) is 42.5 Å². The number of rotatable bonds is 2. The van der Waals surface area contributed by atoms with Crippen LogP contribution in [0.1, 0.15) is 10.5 Å². The number of carbonyl (C=O) groups excluding carboxylic acids is 1. The SMILES string of the molecule is O=C(c1cc2ccc(F)cc2[nH]1)N1CCN(c2cccc(Cl)c2)CC1. The van der Waals surface area contributed by atoms with Crippen LogP contribution >= 0.6 is 11.6 Å². The first-order valence-corrected chi connectivity index (χ1v) is 8.56. The van der Waals surface area contributed by atoms with Crippen LogP contribution in [0.5, 0.6) is 0 Å². The van der Waals surface area contributed by atoms with Crippen LogP contribution in [0.15, 0.2) is 48.5 Å². The van der Waals surface area contributed by atoms with E-state index in [-0.39, 0.29) is 11.7 Å². The molecule has 2 heterocycles. The van der Waals surface area contributed by atoms with Crippen LogP contribution in [0.4, 0.5) is 10.1 Å². The first kappa shape index (κ1) is 16.0. The van der Waals surface area contributed by atoms with E-state index in [4.69, 9.17) is 11.6 Å². The third-order valence-corrected chi connectivity index (χ3v) is 4.79. The Morgan fingerprint density at radius 1 is 1.04 bits per heavy atom. The van der Waals surface area contributed by atoms with Crippen LogP contribution in [0.2, 0.25) is 5.02 Å². The van der Waals surface area contributed by atoms with Gasteiger partial charge in [-0.3, -0.25) is 4.79 Å². The summed E-state index contributed by atoms with van der Waals surface area (Å²) in [5.74, 6) is -0.370. The smallest absolute Gasteiger partial charge is 0.270 e. The molecule has 1 fully saturated rings. The largest absolute Gasteiger partial charge is 0.368 e. The highest BCUT2D eigenvalue weighted by molar-refractivity contribution is 6.30. The zero-order chi connectivity index (χ0) is 17.4. The predicted octanol–water partition coefficient (Wildman–Crippen LogP) is 3.92. The van der Waals surface area contributed by atoms with Crippen molar-refractivity contribution in [2.24, 2.45) is 0 Å². The molecule has 1 N–H and O–H groups in total. The van der Waals surface area contributed by atoms with Crippen LogP contribution in [0, 0.1) is 5.82 Å². The standard InChI is InChI=1S/C19H17ClFN3O/c20-14-2-1-3-16(11-14)23-6-8-24(9-7-23)19(25)18-10-13-4-5-15(21)12-17(13)22-18/h1-5,10-12,22H,6-9H2. The van der Waals surface area contributed by atoms with Gasteiger partial charge in [0.05, 0.1) is 0 Å². The summed E-state index contributed by atoms with van der Waals surface area (Å²) in [6.45, 7) is 2.77. The lowest BCUT2D eigenvalue weighted by atomic mass is 10.2. The fourth-order valence-corrected chi connectivity index (χ4v) is 3.41. The number of piperazine rings is 1. The van der Waals surface area contributed by atoms with E-state index in [2.05, 4.69) is 9.88 Å². The average molecular weight is 358 g/mol. The van der Waals surface area contributed by atoms with E-state index in [0.717, 1.165) is 24.2 Å². The second-order valence-corrected chi connectivity index (χ2v) is 6.61. The van der Waals surface area contributed by atoms with E-state index in [1.54, 1.807) is 12.1 Å². The second-order valence-electron chi connectivity index (χ2n) is 6.17. The maximum Gasteiger partial charge on any atom is 0.270 e. The van der Waals surface area contributed by atoms with Crippen molar-refractivity contribution in [2.45, 2.75) is 0 Å². The van der Waals surface area contributed by atoms with E-state index < -0.39 is 0 Å². The topological polar surface area (TPSA) is 39.3 Å². The van der Waals surface area contributed by atoms with Gasteiger partial charge in [-0.25, -0.2) is 4.39 Å². The Balaban J connectivity index is 1.47. The summed E-state index contributed by atoms with van der Waals surface area (Å²) in [5, 5.41) is 1.55. The highest BCUT2D eigenvalue weighted by Crippen LogP contribution is 2.22. The Bertz CT molecular complexity index is 931. The molecule has 0 unspecified atom stereocenters. The number of fused-ring (bicyclic) bond motifs is 1. The van der Waals surface area contributed by atoms with Gasteiger partial charge in [-0.15, -0.1) is 0 Å². The fraction of sp³-hybridized carbons (Fsp3) is 0.211. The van der Waals surface area contributed by atoms with Crippen LogP contribution in [0.3, 0.4) is 0 Å². The van der Waals surface area contributed by atoms with Gasteiger partial charge in [-0.1, -0.05) is 17.7 Å². The molecule has 6 heteroatoms. The maximum atomic E-state index is 13.3. The summed E-state index contributed by atoms with van der Waals surface area (Å²) >= 11 is 6.05. The van der Waals surface area contributed by atoms with Crippen LogP contribution in [-0.4, -0.2) is 42.0 Å². The van der Waals surface area contributed by atoms with Gasteiger partial charge >= 0.3 is 0 Å². The summed E-state index contributed by atoms with van der Waals surface area (Å²) < 4.78 is 13.3. The molecule has 0 saturated carbocycles. The quantitative estimate of drug-likeness (QED) is 0.755. The van der Waals surface area contributed by atoms with Crippen molar-refractivity contribution in [3.05, 3.63) is 65.1 Å². The first-order valence-electron chi connectivity index (χ1n) is 8.18. The number of aromatic amines is 1. The lowest BCUT2D eigenvalue weighted by molar-refractivity contribution is 0.0742. The Morgan fingerprint density at radius 2 is 1.84 bits per heavy atom. The number of hydrogen-bond acceptors (Lipinski definition) is 2. The molecule has 0 radical (unpaired) electrons. The molecule has 1 amide bonds. The van der Waals surface area contributed by atoms with Gasteiger partial charge in [0.25, 0.3) is 5.91 Å². The van der Waals surface area contributed by atoms with Crippen molar-refractivity contribution < 1.29 is 9.18 Å². The zero-order valence-electron chi connectivity index (χ0n) is 13.5. The van der Waals surface area contributed by atoms with Crippen molar-refractivity contribution in [3.8, 4) is 0 Å². The third kappa shape index (κ3) is 3.20. The molecule has 1 aromatic heterocycles. The van der Waals surface area contributed by atoms with Gasteiger partial charge < -0.3 is 14.8 Å². The Labute approximate surface area is 149 Å². The third-order valence-electron chi connectivity index (χ3n) is 4.56. The van der Waals surface area contributed by atoms with Gasteiger partial charge in [0.2, 0.25) is 0 Å². The molecule has 1 saturated heterocycles. The van der Waals surface area contributed by atoms with Gasteiger partial charge in [0, 0.05) is 47.8 Å². The summed E-state index contributed by atoms with van der Waals surface area (Å²) in [6.07, 6.45) is 0. The molecule has 25 heavy (non-hydrogen) atoms. The maximum absolute atomic E-state index is 13.3. The molecule has 1 aliphatic heterocycles. The lowest BCUT2D eigenvalue weighted by Crippen LogP contribution is -2.48. The van der Waals surface area contributed by atoms with E-state index in [0.29, 0.717) is 29.3 Å². The molecular formula is C19H17ClFN3O. The molecule has 4 nitrogen and oxygen atoms in total. The number of halogens is 2. The monoisotopic (exact) mass is 357 g/mol. The van der Waals surface area contributed by atoms with Gasteiger partial charge in [0.1, 0.15) is 11.5 Å². The number of benzene rings is 2. The minimum Gasteiger partial charge on any atom is -0.368 e. The minimum absolute atomic E-state index is 0.0534. The van der Waals surface area contributed by atoms with Crippen LogP contribution in [-0.2, 0) is 0 Å². The molecular weight excluding hydrogens is 341 g/mol. The highest BCUT2D eigenvalue weighted by atomic mass is 35.5. The van der Waals surface area contributed by atoms with Gasteiger partial charge in [0.15, 0.2) is 0 Å². The Hall–Kier alpha value is -2.53. The molecule has 2 aromatic carbocycles. The minimum atomic E-state index is -0.316. The molecule has 0 aliphatic carbocycles. The summed E-state index contributed by atoms with van der Waals surface area (Å²) in [6, 6.07) is 14.0. The molecule has 1 aliphatic rings. The summed E-state index contributed by atoms with van der Waals surface area (Å²) in [7, 11) is 0. The van der Waals surface area contributed by atoms with Gasteiger partial charge in [-0.2, -0.15) is 0 Å². The number of aromatic nitrogens is 1. The van der Waals surface area contributed by atoms with Crippen LogP contribution in [0.25, 0.3) is 10.9 Å². The molecule has 128 valence electrons. The number of hydrogen-bond donors (Lipinski definition) is 1. The molecule has 3 aromatic rings. The van der Waals surface area contributed by atoms with Crippen molar-refractivity contribution >= 4 is 34.1 Å². The van der Waals surface area contributed by atoms with Crippen LogP contribution < -0.4 is 4.90 Å². The molecule has 0 atom stereocenters. The van der Waals surface area contributed by atoms with E-state index in [1.165, 1.54) is 12.1 Å². The first-order chi connectivity index (χ1) is 12.1. The zero-order valence-corrected chi connectivity index (χ0v) is 14.3. The molecule has 0 spiro atoms. The van der Waals surface area contributed by atoms with E-state index in [1.807, 2.05) is 29.2 Å². The fourth-order valence-electron chi connectivity index (χ4n) is 3.23. The van der Waals surface area contributed by atoms with Crippen molar-refractivity contribution in [1.29, 1.82) is 0 Å². The normalized spacial score (nSPS) is 15.0. The number of nitrogens with zero attached hydrogens (tertiary/aromatic N) is 2. The highest BCUT2D eigenvalue weighted by Gasteiger charge is 2.23. The molecule has 4 rings (SSSR count). The predicted molar refractivity (Wildman–Crippen MR) is 97.8 cm³/mol. The van der Waals surface area contributed by atoms with E-state index in [9.17, 15) is 9.18 Å². The average Bonchev–Trinajstić information content (AvgIpc) is 3.04. The number of anilines is 1. The van der Waals surface area contributed by atoms with Crippen molar-refractivity contribution in [2.75, 3.05) is 31.1 Å².